The van der Waals surface area contributed by atoms with Crippen molar-refractivity contribution >= 4 is 40.4 Å². The Balaban J connectivity index is 1.60. The van der Waals surface area contributed by atoms with Crippen LogP contribution in [0.1, 0.15) is 17.4 Å². The summed E-state index contributed by atoms with van der Waals surface area (Å²) in [4.78, 5) is 25.4. The first-order chi connectivity index (χ1) is 13.9. The van der Waals surface area contributed by atoms with Crippen molar-refractivity contribution in [3.8, 4) is 0 Å². The van der Waals surface area contributed by atoms with Crippen LogP contribution >= 0.6 is 0 Å². The predicted octanol–water partition coefficient (Wildman–Crippen LogP) is 3.50. The summed E-state index contributed by atoms with van der Waals surface area (Å²) in [6.45, 7) is 1.46. The topological polar surface area (TPSA) is 99.2 Å². The summed E-state index contributed by atoms with van der Waals surface area (Å²) in [6.07, 6.45) is 0. The lowest BCUT2D eigenvalue weighted by Gasteiger charge is -2.13. The third kappa shape index (κ3) is 5.52. The number of hydrogen-bond donors (Lipinski definition) is 3. The fraction of sp³-hybridized carbons (Fsp3) is 0.143. The Bertz CT molecular complexity index is 983. The van der Waals surface area contributed by atoms with Gasteiger partial charge in [0.2, 0.25) is 5.91 Å². The van der Waals surface area contributed by atoms with E-state index in [0.29, 0.717) is 17.2 Å². The Labute approximate surface area is 169 Å². The van der Waals surface area contributed by atoms with Crippen LogP contribution in [0.2, 0.25) is 0 Å². The summed E-state index contributed by atoms with van der Waals surface area (Å²) in [5.74, 6) is 0.0459. The Morgan fingerprint density at radius 2 is 1.34 bits per heavy atom. The second-order valence-corrected chi connectivity index (χ2v) is 6.58. The van der Waals surface area contributed by atoms with Crippen LogP contribution in [0.15, 0.2) is 60.7 Å². The van der Waals surface area contributed by atoms with E-state index in [-0.39, 0.29) is 17.5 Å². The zero-order valence-electron chi connectivity index (χ0n) is 16.4. The molecule has 148 valence electrons. The highest BCUT2D eigenvalue weighted by atomic mass is 16.2. The van der Waals surface area contributed by atoms with Crippen molar-refractivity contribution in [2.24, 2.45) is 0 Å². The molecule has 2 aromatic carbocycles. The molecule has 0 radical (unpaired) electrons. The summed E-state index contributed by atoms with van der Waals surface area (Å²) in [7, 11) is 3.91. The molecule has 8 heteroatoms. The molecule has 2 amide bonds. The van der Waals surface area contributed by atoms with Crippen molar-refractivity contribution in [1.29, 1.82) is 0 Å². The van der Waals surface area contributed by atoms with Crippen LogP contribution in [0.25, 0.3) is 0 Å². The number of nitrogens with one attached hydrogen (secondary N) is 3. The quantitative estimate of drug-likeness (QED) is 0.596. The molecule has 0 aliphatic rings. The fourth-order valence-corrected chi connectivity index (χ4v) is 2.55. The second kappa shape index (κ2) is 8.83. The molecule has 0 fully saturated rings. The molecule has 0 saturated heterocycles. The van der Waals surface area contributed by atoms with E-state index in [1.165, 1.54) is 6.92 Å². The van der Waals surface area contributed by atoms with Crippen LogP contribution in [0.5, 0.6) is 0 Å². The van der Waals surface area contributed by atoms with E-state index in [9.17, 15) is 9.59 Å². The van der Waals surface area contributed by atoms with E-state index in [1.807, 2.05) is 55.4 Å². The van der Waals surface area contributed by atoms with Crippen LogP contribution in [0.3, 0.4) is 0 Å². The normalized spacial score (nSPS) is 10.2. The highest BCUT2D eigenvalue weighted by Crippen LogP contribution is 2.18. The number of amides is 2. The molecule has 8 nitrogen and oxygen atoms in total. The van der Waals surface area contributed by atoms with Gasteiger partial charge in [0.25, 0.3) is 5.91 Å². The number of carbonyl (C=O) groups is 2. The number of carbonyl (C=O) groups excluding carboxylic acids is 2. The molecule has 0 spiro atoms. The number of benzene rings is 2. The summed E-state index contributed by atoms with van der Waals surface area (Å²) >= 11 is 0. The van der Waals surface area contributed by atoms with E-state index in [4.69, 9.17) is 0 Å². The number of nitrogens with zero attached hydrogens (tertiary/aromatic N) is 3. The monoisotopic (exact) mass is 390 g/mol. The van der Waals surface area contributed by atoms with E-state index in [1.54, 1.807) is 24.3 Å². The maximum atomic E-state index is 12.3. The van der Waals surface area contributed by atoms with E-state index >= 15 is 0 Å². The van der Waals surface area contributed by atoms with Gasteiger partial charge in [0.15, 0.2) is 11.5 Å². The van der Waals surface area contributed by atoms with Crippen molar-refractivity contribution < 1.29 is 9.59 Å². The minimum atomic E-state index is -0.332. The van der Waals surface area contributed by atoms with Crippen molar-refractivity contribution in [3.63, 3.8) is 0 Å². The first kappa shape index (κ1) is 19.8. The Morgan fingerprint density at radius 3 is 1.90 bits per heavy atom. The molecule has 3 N–H and O–H groups in total. The van der Waals surface area contributed by atoms with E-state index in [2.05, 4.69) is 26.1 Å². The van der Waals surface area contributed by atoms with Gasteiger partial charge >= 0.3 is 0 Å². The second-order valence-electron chi connectivity index (χ2n) is 6.58. The fourth-order valence-electron chi connectivity index (χ4n) is 2.55. The standard InChI is InChI=1S/C21H22N6O2/c1-14(28)22-15-4-6-16(7-5-15)23-20-13-12-19(25-26-20)21(29)24-17-8-10-18(11-9-17)27(2)3/h4-13H,1-3H3,(H,22,28)(H,23,26)(H,24,29). The van der Waals surface area contributed by atoms with Gasteiger partial charge in [-0.2, -0.15) is 0 Å². The summed E-state index contributed by atoms with van der Waals surface area (Å²) in [5, 5.41) is 16.6. The number of rotatable bonds is 6. The molecule has 0 unspecified atom stereocenters. The Morgan fingerprint density at radius 1 is 0.759 bits per heavy atom. The first-order valence-corrected chi connectivity index (χ1v) is 8.98. The molecule has 3 aromatic rings. The largest absolute Gasteiger partial charge is 0.378 e. The van der Waals surface area contributed by atoms with Gasteiger partial charge < -0.3 is 20.9 Å². The van der Waals surface area contributed by atoms with Crippen molar-refractivity contribution in [3.05, 3.63) is 66.4 Å². The first-order valence-electron chi connectivity index (χ1n) is 8.98. The third-order valence-electron chi connectivity index (χ3n) is 4.02. The van der Waals surface area contributed by atoms with Gasteiger partial charge in [-0.1, -0.05) is 0 Å². The molecule has 0 bridgehead atoms. The Hall–Kier alpha value is -3.94. The average Bonchev–Trinajstić information content (AvgIpc) is 2.70. The minimum absolute atomic E-state index is 0.126. The molecule has 0 aliphatic heterocycles. The zero-order valence-corrected chi connectivity index (χ0v) is 16.4. The Kier molecular flexibility index (Phi) is 6.03. The van der Waals surface area contributed by atoms with E-state index < -0.39 is 0 Å². The molecular weight excluding hydrogens is 368 g/mol. The van der Waals surface area contributed by atoms with Crippen molar-refractivity contribution in [2.75, 3.05) is 34.9 Å². The maximum Gasteiger partial charge on any atom is 0.276 e. The minimum Gasteiger partial charge on any atom is -0.378 e. The van der Waals surface area contributed by atoms with Crippen molar-refractivity contribution in [2.45, 2.75) is 6.92 Å². The highest BCUT2D eigenvalue weighted by Gasteiger charge is 2.09. The lowest BCUT2D eigenvalue weighted by atomic mass is 10.2. The predicted molar refractivity (Wildman–Crippen MR) is 115 cm³/mol. The van der Waals surface area contributed by atoms with Gasteiger partial charge in [0, 0.05) is 43.8 Å². The molecule has 1 aromatic heterocycles. The summed E-state index contributed by atoms with van der Waals surface area (Å²) < 4.78 is 0. The van der Waals surface area contributed by atoms with Crippen LogP contribution in [-0.2, 0) is 4.79 Å². The highest BCUT2D eigenvalue weighted by molar-refractivity contribution is 6.02. The number of hydrogen-bond acceptors (Lipinski definition) is 6. The smallest absolute Gasteiger partial charge is 0.276 e. The van der Waals surface area contributed by atoms with Crippen LogP contribution in [0, 0.1) is 0 Å². The lowest BCUT2D eigenvalue weighted by Crippen LogP contribution is -2.15. The third-order valence-corrected chi connectivity index (χ3v) is 4.02. The summed E-state index contributed by atoms with van der Waals surface area (Å²) in [6, 6.07) is 18.0. The van der Waals surface area contributed by atoms with Crippen molar-refractivity contribution in [1.82, 2.24) is 10.2 Å². The molecule has 1 heterocycles. The lowest BCUT2D eigenvalue weighted by molar-refractivity contribution is -0.114. The SMILES string of the molecule is CC(=O)Nc1ccc(Nc2ccc(C(=O)Nc3ccc(N(C)C)cc3)nn2)cc1. The van der Waals surface area contributed by atoms with Gasteiger partial charge in [-0.25, -0.2) is 0 Å². The molecule has 0 aliphatic carbocycles. The molecular formula is C21H22N6O2. The van der Waals surface area contributed by atoms with Gasteiger partial charge in [0.1, 0.15) is 0 Å². The van der Waals surface area contributed by atoms with Gasteiger partial charge in [-0.15, -0.1) is 10.2 Å². The maximum absolute atomic E-state index is 12.3. The molecule has 29 heavy (non-hydrogen) atoms. The van der Waals surface area contributed by atoms with Gasteiger partial charge in [-0.3, -0.25) is 9.59 Å². The van der Waals surface area contributed by atoms with Crippen LogP contribution in [-0.4, -0.2) is 36.1 Å². The van der Waals surface area contributed by atoms with Crippen LogP contribution in [0.4, 0.5) is 28.6 Å². The van der Waals surface area contributed by atoms with E-state index in [0.717, 1.165) is 11.4 Å². The number of aromatic nitrogens is 2. The number of anilines is 5. The van der Waals surface area contributed by atoms with Crippen LogP contribution < -0.4 is 20.9 Å². The molecule has 0 saturated carbocycles. The molecule has 3 rings (SSSR count). The summed E-state index contributed by atoms with van der Waals surface area (Å²) in [5.41, 5.74) is 3.44. The zero-order chi connectivity index (χ0) is 20.8. The average molecular weight is 390 g/mol. The van der Waals surface area contributed by atoms with Gasteiger partial charge in [-0.05, 0) is 60.7 Å². The molecule has 0 atom stereocenters. The van der Waals surface area contributed by atoms with Gasteiger partial charge in [0.05, 0.1) is 0 Å².